The molecule has 294 valence electrons. The zero-order valence-electron chi connectivity index (χ0n) is 35.2. The van der Waals surface area contributed by atoms with Crippen LogP contribution in [0, 0.1) is 5.92 Å². The van der Waals surface area contributed by atoms with Crippen LogP contribution < -0.4 is 4.74 Å². The molecule has 0 aliphatic carbocycles. The predicted octanol–water partition coefficient (Wildman–Crippen LogP) is 11.9. The van der Waals surface area contributed by atoms with E-state index in [-0.39, 0.29) is 40.3 Å². The number of hydrogen-bond donors (Lipinski definition) is 0. The van der Waals surface area contributed by atoms with Gasteiger partial charge in [-0.2, -0.15) is 0 Å². The summed E-state index contributed by atoms with van der Waals surface area (Å²) in [7, 11) is -4.38. The number of hydrogen-bond acceptors (Lipinski definition) is 7. The van der Waals surface area contributed by atoms with Gasteiger partial charge in [0.2, 0.25) is 5.60 Å². The lowest BCUT2D eigenvalue weighted by molar-refractivity contribution is -0.173. The molecule has 1 aromatic heterocycles. The summed E-state index contributed by atoms with van der Waals surface area (Å²) in [5, 5.41) is 1.08. The minimum absolute atomic E-state index is 0.0127. The molecule has 2 aliphatic heterocycles. The quantitative estimate of drug-likeness (QED) is 0.0866. The molecule has 0 bridgehead atoms. The molecular weight excluding hydrogens is 697 g/mol. The number of esters is 1. The lowest BCUT2D eigenvalue weighted by Gasteiger charge is -2.44. The van der Waals surface area contributed by atoms with Crippen molar-refractivity contribution in [2.75, 3.05) is 0 Å². The number of rotatable bonds is 15. The molecular formula is C44H68O7Si2. The largest absolute Gasteiger partial charge is 0.488 e. The first-order valence-electron chi connectivity index (χ1n) is 20.1. The van der Waals surface area contributed by atoms with Crippen molar-refractivity contribution in [2.24, 2.45) is 5.92 Å². The molecule has 2 unspecified atom stereocenters. The van der Waals surface area contributed by atoms with E-state index >= 15 is 0 Å². The van der Waals surface area contributed by atoms with E-state index in [9.17, 15) is 4.79 Å². The predicted molar refractivity (Wildman–Crippen MR) is 220 cm³/mol. The molecule has 5 rings (SSSR count). The van der Waals surface area contributed by atoms with Gasteiger partial charge in [0, 0.05) is 23.3 Å². The average molecular weight is 765 g/mol. The fourth-order valence-corrected chi connectivity index (χ4v) is 9.58. The highest BCUT2D eigenvalue weighted by Gasteiger charge is 2.71. The fourth-order valence-electron chi connectivity index (χ4n) is 7.30. The lowest BCUT2D eigenvalue weighted by Crippen LogP contribution is -2.57. The monoisotopic (exact) mass is 764 g/mol. The summed E-state index contributed by atoms with van der Waals surface area (Å²) in [6, 6.07) is 12.6. The SMILES string of the molecule is CCCC(c1coc2c(CO[Si](C)(C)C(C)(C)C)c(OCc3ccccc3)c(CC(C)C)cc12)[C@@H]1CC(O[Si](C)(C)C(C)(C)C)[C@@]2(O[C@H]2CC)C(=O)O1. The van der Waals surface area contributed by atoms with Gasteiger partial charge < -0.3 is 27.5 Å². The molecule has 0 saturated carbocycles. The van der Waals surface area contributed by atoms with E-state index in [0.717, 1.165) is 64.7 Å². The Bertz CT molecular complexity index is 1720. The van der Waals surface area contributed by atoms with Gasteiger partial charge in [-0.15, -0.1) is 0 Å². The second kappa shape index (κ2) is 15.6. The number of furan rings is 1. The highest BCUT2D eigenvalue weighted by molar-refractivity contribution is 6.74. The van der Waals surface area contributed by atoms with E-state index in [1.165, 1.54) is 0 Å². The van der Waals surface area contributed by atoms with Crippen molar-refractivity contribution in [1.29, 1.82) is 0 Å². The van der Waals surface area contributed by atoms with Crippen LogP contribution in [-0.2, 0) is 42.8 Å². The van der Waals surface area contributed by atoms with Crippen LogP contribution in [0.5, 0.6) is 5.75 Å². The highest BCUT2D eigenvalue weighted by Crippen LogP contribution is 2.53. The van der Waals surface area contributed by atoms with Gasteiger partial charge in [-0.05, 0) is 78.6 Å². The van der Waals surface area contributed by atoms with Crippen LogP contribution in [0.25, 0.3) is 11.0 Å². The molecule has 2 aromatic carbocycles. The van der Waals surface area contributed by atoms with Crippen LogP contribution in [-0.4, -0.2) is 46.5 Å². The van der Waals surface area contributed by atoms with Crippen molar-refractivity contribution in [3.63, 3.8) is 0 Å². The summed E-state index contributed by atoms with van der Waals surface area (Å²) in [6.45, 7) is 32.2. The molecule has 2 fully saturated rings. The summed E-state index contributed by atoms with van der Waals surface area (Å²) >= 11 is 0. The molecule has 53 heavy (non-hydrogen) atoms. The van der Waals surface area contributed by atoms with Crippen LogP contribution in [0.4, 0.5) is 0 Å². The van der Waals surface area contributed by atoms with Gasteiger partial charge in [-0.1, -0.05) is 106 Å². The van der Waals surface area contributed by atoms with Gasteiger partial charge in [-0.25, -0.2) is 4.79 Å². The maximum Gasteiger partial charge on any atom is 0.344 e. The van der Waals surface area contributed by atoms with Gasteiger partial charge in [0.25, 0.3) is 0 Å². The summed E-state index contributed by atoms with van der Waals surface area (Å²) in [5.74, 6) is 0.895. The fraction of sp³-hybridized carbons (Fsp3) is 0.659. The maximum atomic E-state index is 14.1. The third-order valence-corrected chi connectivity index (χ3v) is 21.5. The number of cyclic esters (lactones) is 1. The standard InChI is InChI=1S/C44H68O7Si2/c1-15-20-32(36-25-38(51-53(13,14)43(8,9)10)44(41(45)49-36)37(16-2)50-44)34-27-47-40-33(34)24-31(23-29(3)4)39(46-26-30-21-18-17-19-22-30)35(40)28-48-52(11,12)42(5,6)7/h17-19,21-22,24,27,29,32,36-38H,15-16,20,23,25-26,28H2,1-14H3/t32?,36-,37-,38?,44+/m0/s1. The molecule has 9 heteroatoms. The van der Waals surface area contributed by atoms with Crippen molar-refractivity contribution < 1.29 is 32.3 Å². The van der Waals surface area contributed by atoms with Gasteiger partial charge in [-0.3, -0.25) is 0 Å². The minimum atomic E-state index is -2.24. The van der Waals surface area contributed by atoms with E-state index in [1.807, 2.05) is 24.5 Å². The zero-order chi connectivity index (χ0) is 39.1. The second-order valence-corrected chi connectivity index (χ2v) is 28.6. The molecule has 1 spiro atoms. The number of carbonyl (C=O) groups is 1. The van der Waals surface area contributed by atoms with Crippen molar-refractivity contribution in [3.05, 3.63) is 64.9 Å². The molecule has 0 N–H and O–H groups in total. The van der Waals surface area contributed by atoms with Crippen LogP contribution in [0.15, 0.2) is 47.1 Å². The number of carbonyl (C=O) groups excluding carboxylic acids is 1. The second-order valence-electron chi connectivity index (χ2n) is 19.1. The topological polar surface area (TPSA) is 79.7 Å². The summed E-state index contributed by atoms with van der Waals surface area (Å²) in [6.07, 6.45) is 4.93. The van der Waals surface area contributed by atoms with E-state index < -0.39 is 22.2 Å². The number of epoxide rings is 1. The molecule has 5 atom stereocenters. The van der Waals surface area contributed by atoms with Crippen molar-refractivity contribution in [3.8, 4) is 5.75 Å². The molecule has 0 radical (unpaired) electrons. The van der Waals surface area contributed by atoms with E-state index in [4.69, 9.17) is 27.5 Å². The summed E-state index contributed by atoms with van der Waals surface area (Å²) < 4.78 is 40.1. The Kier molecular flexibility index (Phi) is 12.3. The Morgan fingerprint density at radius 3 is 2.17 bits per heavy atom. The molecule has 0 amide bonds. The Morgan fingerprint density at radius 1 is 0.943 bits per heavy atom. The molecule has 2 aliphatic rings. The third-order valence-electron chi connectivity index (χ3n) is 12.6. The first-order valence-corrected chi connectivity index (χ1v) is 25.9. The lowest BCUT2D eigenvalue weighted by atomic mass is 9.81. The van der Waals surface area contributed by atoms with Crippen molar-refractivity contribution in [1.82, 2.24) is 0 Å². The van der Waals surface area contributed by atoms with Gasteiger partial charge >= 0.3 is 5.97 Å². The van der Waals surface area contributed by atoms with Crippen molar-refractivity contribution in [2.45, 2.75) is 181 Å². The number of ether oxygens (including phenoxy) is 3. The molecule has 7 nitrogen and oxygen atoms in total. The van der Waals surface area contributed by atoms with Gasteiger partial charge in [0.1, 0.15) is 30.1 Å². The Hall–Kier alpha value is -2.44. The van der Waals surface area contributed by atoms with E-state index in [2.05, 4.69) is 114 Å². The van der Waals surface area contributed by atoms with Gasteiger partial charge in [0.15, 0.2) is 16.6 Å². The first-order chi connectivity index (χ1) is 24.7. The van der Waals surface area contributed by atoms with Crippen LogP contribution in [0.1, 0.15) is 123 Å². The smallest absolute Gasteiger partial charge is 0.344 e. The van der Waals surface area contributed by atoms with Crippen LogP contribution >= 0.6 is 0 Å². The zero-order valence-corrected chi connectivity index (χ0v) is 37.2. The van der Waals surface area contributed by atoms with E-state index in [0.29, 0.717) is 25.6 Å². The molecule has 3 aromatic rings. The van der Waals surface area contributed by atoms with Crippen LogP contribution in [0.3, 0.4) is 0 Å². The molecule has 2 saturated heterocycles. The molecule has 3 heterocycles. The Morgan fingerprint density at radius 2 is 1.60 bits per heavy atom. The number of fused-ring (bicyclic) bond motifs is 1. The first kappa shape index (κ1) is 41.7. The highest BCUT2D eigenvalue weighted by atomic mass is 28.4. The third kappa shape index (κ3) is 8.54. The van der Waals surface area contributed by atoms with E-state index in [1.54, 1.807) is 0 Å². The minimum Gasteiger partial charge on any atom is -0.488 e. The Balaban J connectivity index is 1.61. The normalized spacial score (nSPS) is 23.2. The van der Waals surface area contributed by atoms with Gasteiger partial charge in [0.05, 0.1) is 24.5 Å². The van der Waals surface area contributed by atoms with Crippen molar-refractivity contribution >= 4 is 33.6 Å². The summed E-state index contributed by atoms with van der Waals surface area (Å²) in [5.41, 5.74) is 4.05. The Labute approximate surface area is 322 Å². The average Bonchev–Trinajstić information content (AvgIpc) is 3.66. The van der Waals surface area contributed by atoms with Crippen LogP contribution in [0.2, 0.25) is 36.3 Å². The summed E-state index contributed by atoms with van der Waals surface area (Å²) in [4.78, 5) is 14.1. The number of benzene rings is 2. The maximum absolute atomic E-state index is 14.1.